The molecule has 0 spiro atoms. The van der Waals surface area contributed by atoms with Crippen LogP contribution in [-0.2, 0) is 0 Å². The van der Waals surface area contributed by atoms with E-state index in [4.69, 9.17) is 0 Å². The van der Waals surface area contributed by atoms with Crippen molar-refractivity contribution in [1.29, 1.82) is 0 Å². The molecule has 1 aliphatic carbocycles. The van der Waals surface area contributed by atoms with Crippen molar-refractivity contribution in [3.05, 3.63) is 29.3 Å². The van der Waals surface area contributed by atoms with Crippen LogP contribution < -0.4 is 10.2 Å². The molecular formula is C16H24N2. The zero-order valence-electron chi connectivity index (χ0n) is 11.6. The molecule has 0 atom stereocenters. The molecule has 2 nitrogen and oxygen atoms in total. The van der Waals surface area contributed by atoms with Crippen molar-refractivity contribution in [3.8, 4) is 0 Å². The molecule has 18 heavy (non-hydrogen) atoms. The Kier molecular flexibility index (Phi) is 3.29. The third kappa shape index (κ3) is 2.39. The molecule has 1 saturated heterocycles. The molecule has 1 heterocycles. The van der Waals surface area contributed by atoms with Gasteiger partial charge in [0, 0.05) is 31.9 Å². The van der Waals surface area contributed by atoms with Crippen LogP contribution in [0.5, 0.6) is 0 Å². The van der Waals surface area contributed by atoms with E-state index in [0.29, 0.717) is 5.92 Å². The van der Waals surface area contributed by atoms with E-state index in [-0.39, 0.29) is 0 Å². The Hall–Kier alpha value is -1.02. The van der Waals surface area contributed by atoms with Crippen molar-refractivity contribution in [2.24, 2.45) is 0 Å². The van der Waals surface area contributed by atoms with Gasteiger partial charge in [-0.1, -0.05) is 19.9 Å². The van der Waals surface area contributed by atoms with Gasteiger partial charge in [-0.05, 0) is 47.9 Å². The zero-order chi connectivity index (χ0) is 12.5. The van der Waals surface area contributed by atoms with E-state index >= 15 is 0 Å². The quantitative estimate of drug-likeness (QED) is 0.879. The summed E-state index contributed by atoms with van der Waals surface area (Å²) in [4.78, 5) is 2.52. The average Bonchev–Trinajstić information content (AvgIpc) is 3.23. The van der Waals surface area contributed by atoms with E-state index in [9.17, 15) is 0 Å². The van der Waals surface area contributed by atoms with Crippen molar-refractivity contribution < 1.29 is 0 Å². The van der Waals surface area contributed by atoms with Gasteiger partial charge in [-0.15, -0.1) is 0 Å². The molecule has 2 fully saturated rings. The summed E-state index contributed by atoms with van der Waals surface area (Å²) in [5.74, 6) is 1.50. The molecule has 0 aromatic heterocycles. The Balaban J connectivity index is 1.89. The highest BCUT2D eigenvalue weighted by Gasteiger charge is 2.27. The monoisotopic (exact) mass is 244 g/mol. The summed E-state index contributed by atoms with van der Waals surface area (Å²) in [6, 6.07) is 7.17. The molecule has 0 unspecified atom stereocenters. The fourth-order valence-electron chi connectivity index (χ4n) is 2.96. The summed E-state index contributed by atoms with van der Waals surface area (Å²) >= 11 is 0. The normalized spacial score (nSPS) is 20.5. The minimum absolute atomic E-state index is 0.651. The van der Waals surface area contributed by atoms with E-state index in [1.807, 2.05) is 0 Å². The van der Waals surface area contributed by atoms with Crippen molar-refractivity contribution in [3.63, 3.8) is 0 Å². The first kappa shape index (κ1) is 12.0. The fourth-order valence-corrected chi connectivity index (χ4v) is 2.96. The summed E-state index contributed by atoms with van der Waals surface area (Å²) in [7, 11) is 0. The minimum atomic E-state index is 0.651. The third-order valence-electron chi connectivity index (χ3n) is 4.19. The second-order valence-corrected chi connectivity index (χ2v) is 5.98. The molecule has 1 aromatic rings. The lowest BCUT2D eigenvalue weighted by Crippen LogP contribution is -2.43. The number of rotatable bonds is 3. The first-order valence-electron chi connectivity index (χ1n) is 7.35. The second-order valence-electron chi connectivity index (χ2n) is 5.98. The highest BCUT2D eigenvalue weighted by molar-refractivity contribution is 5.53. The minimum Gasteiger partial charge on any atom is -0.369 e. The van der Waals surface area contributed by atoms with Gasteiger partial charge in [-0.25, -0.2) is 0 Å². The molecule has 3 rings (SSSR count). The van der Waals surface area contributed by atoms with Crippen LogP contribution in [0.2, 0.25) is 0 Å². The van der Waals surface area contributed by atoms with Gasteiger partial charge < -0.3 is 10.2 Å². The van der Waals surface area contributed by atoms with Crippen molar-refractivity contribution in [2.45, 2.75) is 38.5 Å². The van der Waals surface area contributed by atoms with Gasteiger partial charge in [0.15, 0.2) is 0 Å². The molecule has 0 bridgehead atoms. The summed E-state index contributed by atoms with van der Waals surface area (Å²) in [6.45, 7) is 9.14. The maximum Gasteiger partial charge on any atom is 0.0370 e. The van der Waals surface area contributed by atoms with Crippen LogP contribution in [0.3, 0.4) is 0 Å². The lowest BCUT2D eigenvalue weighted by Gasteiger charge is -2.30. The van der Waals surface area contributed by atoms with E-state index in [2.05, 4.69) is 42.3 Å². The van der Waals surface area contributed by atoms with Crippen LogP contribution in [-0.4, -0.2) is 26.2 Å². The van der Waals surface area contributed by atoms with Gasteiger partial charge >= 0.3 is 0 Å². The van der Waals surface area contributed by atoms with E-state index in [1.54, 1.807) is 11.1 Å². The number of hydrogen-bond donors (Lipinski definition) is 1. The van der Waals surface area contributed by atoms with Crippen LogP contribution in [0.4, 0.5) is 5.69 Å². The number of anilines is 1. The molecular weight excluding hydrogens is 220 g/mol. The predicted octanol–water partition coefficient (Wildman–Crippen LogP) is 3.10. The molecule has 2 aliphatic rings. The van der Waals surface area contributed by atoms with Crippen LogP contribution >= 0.6 is 0 Å². The lowest BCUT2D eigenvalue weighted by atomic mass is 9.93. The Labute approximate surface area is 110 Å². The van der Waals surface area contributed by atoms with Gasteiger partial charge in [0.1, 0.15) is 0 Å². The zero-order valence-corrected chi connectivity index (χ0v) is 11.6. The van der Waals surface area contributed by atoms with Gasteiger partial charge in [-0.3, -0.25) is 0 Å². The molecule has 1 N–H and O–H groups in total. The number of piperazine rings is 1. The summed E-state index contributed by atoms with van der Waals surface area (Å²) in [6.07, 6.45) is 2.79. The Morgan fingerprint density at radius 1 is 1.17 bits per heavy atom. The van der Waals surface area contributed by atoms with Crippen LogP contribution in [0.1, 0.15) is 49.7 Å². The molecule has 98 valence electrons. The van der Waals surface area contributed by atoms with Crippen molar-refractivity contribution >= 4 is 5.69 Å². The summed E-state index contributed by atoms with van der Waals surface area (Å²) in [5.41, 5.74) is 4.63. The van der Waals surface area contributed by atoms with Crippen LogP contribution in [0.15, 0.2) is 18.2 Å². The van der Waals surface area contributed by atoms with Gasteiger partial charge in [0.25, 0.3) is 0 Å². The number of hydrogen-bond acceptors (Lipinski definition) is 2. The van der Waals surface area contributed by atoms with Crippen LogP contribution in [0.25, 0.3) is 0 Å². The maximum absolute atomic E-state index is 3.42. The molecule has 1 saturated carbocycles. The number of nitrogens with zero attached hydrogens (tertiary/aromatic N) is 1. The average molecular weight is 244 g/mol. The van der Waals surface area contributed by atoms with Gasteiger partial charge in [0.05, 0.1) is 0 Å². The van der Waals surface area contributed by atoms with Gasteiger partial charge in [0.2, 0.25) is 0 Å². The van der Waals surface area contributed by atoms with E-state index < -0.39 is 0 Å². The summed E-state index contributed by atoms with van der Waals surface area (Å²) in [5, 5.41) is 3.42. The molecule has 0 amide bonds. The van der Waals surface area contributed by atoms with Gasteiger partial charge in [-0.2, -0.15) is 0 Å². The van der Waals surface area contributed by atoms with Crippen LogP contribution in [0, 0.1) is 0 Å². The standard InChI is InChI=1S/C16H24N2/c1-12(2)15-6-5-14(11-16(15)13-3-4-13)18-9-7-17-8-10-18/h5-6,11-13,17H,3-4,7-10H2,1-2H3. The first-order valence-corrected chi connectivity index (χ1v) is 7.35. The Morgan fingerprint density at radius 3 is 2.50 bits per heavy atom. The number of nitrogens with one attached hydrogen (secondary N) is 1. The Morgan fingerprint density at radius 2 is 1.89 bits per heavy atom. The smallest absolute Gasteiger partial charge is 0.0370 e. The van der Waals surface area contributed by atoms with E-state index in [0.717, 1.165) is 32.1 Å². The highest BCUT2D eigenvalue weighted by Crippen LogP contribution is 2.44. The molecule has 2 heteroatoms. The fraction of sp³-hybridized carbons (Fsp3) is 0.625. The van der Waals surface area contributed by atoms with Crippen molar-refractivity contribution in [2.75, 3.05) is 31.1 Å². The number of benzene rings is 1. The first-order chi connectivity index (χ1) is 8.75. The second kappa shape index (κ2) is 4.93. The lowest BCUT2D eigenvalue weighted by molar-refractivity contribution is 0.589. The summed E-state index contributed by atoms with van der Waals surface area (Å²) < 4.78 is 0. The Bertz CT molecular complexity index is 415. The van der Waals surface area contributed by atoms with E-state index in [1.165, 1.54) is 18.5 Å². The maximum atomic E-state index is 3.42. The largest absolute Gasteiger partial charge is 0.369 e. The highest BCUT2D eigenvalue weighted by atomic mass is 15.2. The molecule has 1 aromatic carbocycles. The SMILES string of the molecule is CC(C)c1ccc(N2CCNCC2)cc1C1CC1. The predicted molar refractivity (Wildman–Crippen MR) is 77.6 cm³/mol. The topological polar surface area (TPSA) is 15.3 Å². The molecule has 1 aliphatic heterocycles. The van der Waals surface area contributed by atoms with Crippen molar-refractivity contribution in [1.82, 2.24) is 5.32 Å². The third-order valence-corrected chi connectivity index (χ3v) is 4.19. The molecule has 0 radical (unpaired) electrons.